The Balaban J connectivity index is 1.51. The number of anilines is 1. The molecule has 7 nitrogen and oxygen atoms in total. The van der Waals surface area contributed by atoms with Crippen molar-refractivity contribution in [1.82, 2.24) is 20.2 Å². The SMILES string of the molecule is N#Cc1ccccc1NC(=O)CCSc1nnnn1Cc1cccs1. The molecular weight excluding hydrogens is 356 g/mol. The fourth-order valence-electron chi connectivity index (χ4n) is 2.09. The standard InChI is InChI=1S/C16H14N6OS2/c17-10-12-4-1-2-6-14(12)18-15(23)7-9-25-16-19-20-21-22(16)11-13-5-3-8-24-13/h1-6,8H,7,9,11H2,(H,18,23). The number of nitrogens with one attached hydrogen (secondary N) is 1. The summed E-state index contributed by atoms with van der Waals surface area (Å²) in [5, 5.41) is 26.2. The lowest BCUT2D eigenvalue weighted by molar-refractivity contribution is -0.115. The molecule has 0 saturated carbocycles. The third-order valence-electron chi connectivity index (χ3n) is 3.27. The third kappa shape index (κ3) is 4.65. The number of carbonyl (C=O) groups excluding carboxylic acids is 1. The fourth-order valence-corrected chi connectivity index (χ4v) is 3.59. The molecule has 1 amide bonds. The Morgan fingerprint density at radius 2 is 2.20 bits per heavy atom. The van der Waals surface area contributed by atoms with Gasteiger partial charge in [0.2, 0.25) is 11.1 Å². The molecule has 9 heteroatoms. The van der Waals surface area contributed by atoms with Crippen LogP contribution in [0.1, 0.15) is 16.9 Å². The van der Waals surface area contributed by atoms with Gasteiger partial charge in [0.05, 0.1) is 17.8 Å². The Hall–Kier alpha value is -2.70. The highest BCUT2D eigenvalue weighted by Crippen LogP contribution is 2.19. The first-order chi connectivity index (χ1) is 12.3. The largest absolute Gasteiger partial charge is 0.325 e. The minimum atomic E-state index is -0.146. The van der Waals surface area contributed by atoms with Crippen LogP contribution in [0.3, 0.4) is 0 Å². The van der Waals surface area contributed by atoms with Crippen LogP contribution in [0, 0.1) is 11.3 Å². The molecule has 0 fully saturated rings. The molecular formula is C16H14N6OS2. The van der Waals surface area contributed by atoms with E-state index in [2.05, 4.69) is 26.9 Å². The second kappa shape index (κ2) is 8.41. The molecule has 0 aliphatic rings. The van der Waals surface area contributed by atoms with Crippen molar-refractivity contribution < 1.29 is 4.79 Å². The summed E-state index contributed by atoms with van der Waals surface area (Å²) >= 11 is 3.08. The zero-order chi connectivity index (χ0) is 17.5. The molecule has 0 spiro atoms. The average molecular weight is 370 g/mol. The minimum Gasteiger partial charge on any atom is -0.325 e. The van der Waals surface area contributed by atoms with Crippen molar-refractivity contribution in [2.75, 3.05) is 11.1 Å². The van der Waals surface area contributed by atoms with Gasteiger partial charge in [-0.15, -0.1) is 16.4 Å². The maximum Gasteiger partial charge on any atom is 0.225 e. The van der Waals surface area contributed by atoms with Crippen LogP contribution in [0.5, 0.6) is 0 Å². The van der Waals surface area contributed by atoms with E-state index in [1.807, 2.05) is 17.5 Å². The quantitative estimate of drug-likeness (QED) is 0.642. The van der Waals surface area contributed by atoms with E-state index in [1.165, 1.54) is 16.6 Å². The predicted molar refractivity (Wildman–Crippen MR) is 96.4 cm³/mol. The van der Waals surface area contributed by atoms with Crippen molar-refractivity contribution in [3.63, 3.8) is 0 Å². The molecule has 1 aromatic carbocycles. The number of rotatable bonds is 7. The summed E-state index contributed by atoms with van der Waals surface area (Å²) in [5.41, 5.74) is 0.978. The van der Waals surface area contributed by atoms with E-state index in [0.29, 0.717) is 35.1 Å². The summed E-state index contributed by atoms with van der Waals surface area (Å²) < 4.78 is 1.72. The summed E-state index contributed by atoms with van der Waals surface area (Å²) in [4.78, 5) is 13.2. The van der Waals surface area contributed by atoms with Crippen molar-refractivity contribution in [3.05, 3.63) is 52.2 Å². The first kappa shape index (κ1) is 17.1. The molecule has 0 atom stereocenters. The molecule has 0 aliphatic heterocycles. The van der Waals surface area contributed by atoms with Crippen molar-refractivity contribution in [3.8, 4) is 6.07 Å². The van der Waals surface area contributed by atoms with E-state index >= 15 is 0 Å². The number of thiophene rings is 1. The van der Waals surface area contributed by atoms with E-state index in [-0.39, 0.29) is 5.91 Å². The molecule has 2 heterocycles. The Morgan fingerprint density at radius 3 is 3.00 bits per heavy atom. The van der Waals surface area contributed by atoms with Crippen LogP contribution < -0.4 is 5.32 Å². The lowest BCUT2D eigenvalue weighted by atomic mass is 10.2. The number of hydrogen-bond acceptors (Lipinski definition) is 7. The fraction of sp³-hybridized carbons (Fsp3) is 0.188. The summed E-state index contributed by atoms with van der Waals surface area (Å²) in [6.45, 7) is 0.620. The molecule has 0 aliphatic carbocycles. The molecule has 0 unspecified atom stereocenters. The van der Waals surface area contributed by atoms with Gasteiger partial charge in [-0.25, -0.2) is 4.68 Å². The minimum absolute atomic E-state index is 0.146. The van der Waals surface area contributed by atoms with Gasteiger partial charge in [0.15, 0.2) is 0 Å². The van der Waals surface area contributed by atoms with E-state index in [1.54, 1.807) is 40.3 Å². The number of benzene rings is 1. The number of nitrogens with zero attached hydrogens (tertiary/aromatic N) is 5. The molecule has 1 N–H and O–H groups in total. The molecule has 3 aromatic rings. The first-order valence-electron chi connectivity index (χ1n) is 7.46. The lowest BCUT2D eigenvalue weighted by Gasteiger charge is -2.06. The Bertz CT molecular complexity index is 884. The van der Waals surface area contributed by atoms with Crippen LogP contribution >= 0.6 is 23.1 Å². The highest BCUT2D eigenvalue weighted by molar-refractivity contribution is 7.99. The number of hydrogen-bond donors (Lipinski definition) is 1. The van der Waals surface area contributed by atoms with Gasteiger partial charge < -0.3 is 5.32 Å². The topological polar surface area (TPSA) is 96.5 Å². The highest BCUT2D eigenvalue weighted by Gasteiger charge is 2.10. The molecule has 0 saturated heterocycles. The molecule has 3 rings (SSSR count). The normalized spacial score (nSPS) is 10.4. The van der Waals surface area contributed by atoms with Crippen LogP contribution in [0.2, 0.25) is 0 Å². The van der Waals surface area contributed by atoms with Gasteiger partial charge >= 0.3 is 0 Å². The zero-order valence-electron chi connectivity index (χ0n) is 13.1. The molecule has 0 radical (unpaired) electrons. The van der Waals surface area contributed by atoms with Gasteiger partial charge in [-0.2, -0.15) is 5.26 Å². The summed E-state index contributed by atoms with van der Waals surface area (Å²) in [7, 11) is 0. The van der Waals surface area contributed by atoms with Gasteiger partial charge in [-0.05, 0) is 34.0 Å². The molecule has 25 heavy (non-hydrogen) atoms. The van der Waals surface area contributed by atoms with Crippen molar-refractivity contribution in [2.24, 2.45) is 0 Å². The number of aromatic nitrogens is 4. The Labute approximate surface area is 152 Å². The number of thioether (sulfide) groups is 1. The molecule has 126 valence electrons. The zero-order valence-corrected chi connectivity index (χ0v) is 14.8. The predicted octanol–water partition coefficient (Wildman–Crippen LogP) is 2.78. The summed E-state index contributed by atoms with van der Waals surface area (Å²) in [6, 6.07) is 13.0. The number of tetrazole rings is 1. The third-order valence-corrected chi connectivity index (χ3v) is 5.09. The van der Waals surface area contributed by atoms with Crippen LogP contribution in [0.25, 0.3) is 0 Å². The maximum absolute atomic E-state index is 12.1. The van der Waals surface area contributed by atoms with Crippen molar-refractivity contribution >= 4 is 34.7 Å². The number of carbonyl (C=O) groups is 1. The van der Waals surface area contributed by atoms with Crippen LogP contribution in [0.15, 0.2) is 46.9 Å². The van der Waals surface area contributed by atoms with Crippen molar-refractivity contribution in [1.29, 1.82) is 5.26 Å². The lowest BCUT2D eigenvalue weighted by Crippen LogP contribution is -2.13. The second-order valence-corrected chi connectivity index (χ2v) is 7.10. The van der Waals surface area contributed by atoms with Crippen molar-refractivity contribution in [2.45, 2.75) is 18.1 Å². The van der Waals surface area contributed by atoms with Gasteiger partial charge in [0, 0.05) is 17.1 Å². The highest BCUT2D eigenvalue weighted by atomic mass is 32.2. The number of para-hydroxylation sites is 1. The van der Waals surface area contributed by atoms with Crippen LogP contribution in [-0.2, 0) is 11.3 Å². The molecule has 2 aromatic heterocycles. The Kier molecular flexibility index (Phi) is 5.77. The number of amides is 1. The van der Waals surface area contributed by atoms with Crippen LogP contribution in [-0.4, -0.2) is 31.9 Å². The van der Waals surface area contributed by atoms with Gasteiger partial charge in [0.1, 0.15) is 6.07 Å². The summed E-state index contributed by atoms with van der Waals surface area (Å²) in [6.07, 6.45) is 0.302. The van der Waals surface area contributed by atoms with Gasteiger partial charge in [-0.3, -0.25) is 4.79 Å². The average Bonchev–Trinajstić information content (AvgIpc) is 3.28. The smallest absolute Gasteiger partial charge is 0.225 e. The van der Waals surface area contributed by atoms with Gasteiger partial charge in [0.25, 0.3) is 0 Å². The Morgan fingerprint density at radius 1 is 1.32 bits per heavy atom. The van der Waals surface area contributed by atoms with Crippen LogP contribution in [0.4, 0.5) is 5.69 Å². The monoisotopic (exact) mass is 370 g/mol. The van der Waals surface area contributed by atoms with E-state index in [0.717, 1.165) is 0 Å². The maximum atomic E-state index is 12.1. The first-order valence-corrected chi connectivity index (χ1v) is 9.33. The summed E-state index contributed by atoms with van der Waals surface area (Å²) in [5.74, 6) is 0.401. The number of nitriles is 1. The van der Waals surface area contributed by atoms with E-state index in [4.69, 9.17) is 5.26 Å². The second-order valence-electron chi connectivity index (χ2n) is 5.00. The molecule has 0 bridgehead atoms. The van der Waals surface area contributed by atoms with E-state index < -0.39 is 0 Å². The van der Waals surface area contributed by atoms with Gasteiger partial charge in [-0.1, -0.05) is 30.0 Å². The van der Waals surface area contributed by atoms with E-state index in [9.17, 15) is 4.79 Å².